The van der Waals surface area contributed by atoms with Gasteiger partial charge in [-0.2, -0.15) is 28.1 Å². The molecule has 2 aromatic carbocycles. The molecule has 0 aliphatic rings. The first-order valence-electron chi connectivity index (χ1n) is 18.6. The first kappa shape index (κ1) is 51.6. The largest absolute Gasteiger partial charge is 0.489 e. The number of anilines is 2. The predicted octanol–water partition coefficient (Wildman–Crippen LogP) is 5.10. The number of halogens is 4. The normalized spacial score (nSPS) is 13.0. The number of ether oxygens (including phenoxy) is 3. The Balaban J connectivity index is 0.000000417. The zero-order chi connectivity index (χ0) is 46.2. The van der Waals surface area contributed by atoms with Crippen molar-refractivity contribution in [3.63, 3.8) is 0 Å². The van der Waals surface area contributed by atoms with Crippen molar-refractivity contribution in [2.24, 2.45) is 12.8 Å². The molecule has 0 aliphatic heterocycles. The van der Waals surface area contributed by atoms with Crippen molar-refractivity contribution in [3.05, 3.63) is 91.5 Å². The van der Waals surface area contributed by atoms with Crippen LogP contribution in [0.1, 0.15) is 57.9 Å². The Bertz CT molecular complexity index is 2250. The number of aromatic nitrogens is 5. The molecule has 6 N–H and O–H groups in total. The molecule has 23 heteroatoms. The summed E-state index contributed by atoms with van der Waals surface area (Å²) in [6.07, 6.45) is -4.91. The van der Waals surface area contributed by atoms with Gasteiger partial charge in [0.1, 0.15) is 29.8 Å². The van der Waals surface area contributed by atoms with E-state index in [1.165, 1.54) is 38.0 Å². The molecule has 4 rings (SSSR count). The number of esters is 1. The van der Waals surface area contributed by atoms with Crippen LogP contribution < -0.4 is 37.1 Å². The lowest BCUT2D eigenvalue weighted by atomic mass is 10.1. The number of carboxylic acids is 1. The molecule has 18 nitrogen and oxygen atoms in total. The number of nitrogens with zero attached hydrogens (tertiary/aromatic N) is 5. The monoisotopic (exact) mass is 902 g/mol. The van der Waals surface area contributed by atoms with Gasteiger partial charge < -0.3 is 40.6 Å². The van der Waals surface area contributed by atoms with Gasteiger partial charge in [-0.05, 0) is 88.0 Å². The van der Waals surface area contributed by atoms with Gasteiger partial charge in [-0.15, -0.1) is 0 Å². The number of carbonyl (C=O) groups is 2. The minimum absolute atomic E-state index is 0.0412. The number of benzene rings is 2. The lowest BCUT2D eigenvalue weighted by Crippen LogP contribution is -2.40. The molecule has 0 fully saturated rings. The first-order valence-corrected chi connectivity index (χ1v) is 21.3. The van der Waals surface area contributed by atoms with Gasteiger partial charge in [0.05, 0.1) is 12.8 Å². The Morgan fingerprint density at radius 3 is 2.16 bits per heavy atom. The van der Waals surface area contributed by atoms with Crippen LogP contribution in [0.25, 0.3) is 5.69 Å². The third kappa shape index (κ3) is 17.2. The molecule has 0 aliphatic carbocycles. The van der Waals surface area contributed by atoms with Crippen LogP contribution in [0, 0.1) is 0 Å². The standard InChI is InChI=1S/C25H25F3N2O6.C8H14ClN5.C5H12NO4P/c1-5-16-6-7-17(20(12-16)36-15(2)23(32)34-4)14-35-19-10-8-18(9-11-19)30-22(31)13-21(25(26,27)28)29(3)24(30)33;1-4-10-7-12-6(9)13-8(14-7)11-5(2)3;1-11(9,10)3-2-4(6)5(7)8/h6-13,15H,5,14H2,1-4H3;5H,4H2,1-3H3,(H2,10,11,12,13,14);4H,2-3,6H2,1H3,(H,7,8)(H,9,10). The predicted molar refractivity (Wildman–Crippen MR) is 223 cm³/mol. The van der Waals surface area contributed by atoms with Gasteiger partial charge in [-0.25, -0.2) is 14.2 Å². The Labute approximate surface area is 354 Å². The number of nitrogens with two attached hydrogens (primary N) is 1. The second kappa shape index (κ2) is 23.5. The van der Waals surface area contributed by atoms with Gasteiger partial charge in [0, 0.05) is 44.1 Å². The van der Waals surface area contributed by atoms with E-state index in [0.29, 0.717) is 44.2 Å². The zero-order valence-corrected chi connectivity index (χ0v) is 36.5. The summed E-state index contributed by atoms with van der Waals surface area (Å²) in [5.41, 5.74) is 3.29. The summed E-state index contributed by atoms with van der Waals surface area (Å²) < 4.78 is 67.1. The molecule has 61 heavy (non-hydrogen) atoms. The molecule has 0 bridgehead atoms. The highest BCUT2D eigenvalue weighted by Gasteiger charge is 2.35. The summed E-state index contributed by atoms with van der Waals surface area (Å²) in [5.74, 6) is 0.166. The molecule has 0 saturated heterocycles. The Morgan fingerprint density at radius 2 is 1.64 bits per heavy atom. The van der Waals surface area contributed by atoms with Crippen molar-refractivity contribution in [2.45, 2.75) is 78.4 Å². The lowest BCUT2D eigenvalue weighted by Gasteiger charge is -2.17. The fraction of sp³-hybridized carbons (Fsp3) is 0.447. The van der Waals surface area contributed by atoms with Crippen LogP contribution in [0.5, 0.6) is 11.5 Å². The molecule has 4 aromatic rings. The summed E-state index contributed by atoms with van der Waals surface area (Å²) in [7, 11) is -0.884. The number of aliphatic carboxylic acids is 1. The number of nitrogens with one attached hydrogen (secondary N) is 2. The fourth-order valence-electron chi connectivity index (χ4n) is 4.85. The molecule has 0 amide bonds. The third-order valence-electron chi connectivity index (χ3n) is 8.01. The topological polar surface area (TPSA) is 252 Å². The maximum atomic E-state index is 13.1. The van der Waals surface area contributed by atoms with Crippen LogP contribution in [-0.2, 0) is 45.1 Å². The minimum atomic E-state index is -4.84. The van der Waals surface area contributed by atoms with Gasteiger partial charge >= 0.3 is 23.8 Å². The molecule has 2 heterocycles. The number of rotatable bonds is 16. The van der Waals surface area contributed by atoms with Crippen LogP contribution in [0.2, 0.25) is 5.28 Å². The number of carboxylic acid groups (broad SMARTS) is 1. The highest BCUT2D eigenvalue weighted by molar-refractivity contribution is 7.57. The Morgan fingerprint density at radius 1 is 1.02 bits per heavy atom. The number of hydrogen-bond acceptors (Lipinski definition) is 14. The molecule has 3 atom stereocenters. The highest BCUT2D eigenvalue weighted by Crippen LogP contribution is 2.35. The first-order chi connectivity index (χ1) is 28.4. The zero-order valence-electron chi connectivity index (χ0n) is 34.8. The van der Waals surface area contributed by atoms with Gasteiger partial charge in [0.25, 0.3) is 5.56 Å². The summed E-state index contributed by atoms with van der Waals surface area (Å²) in [5, 5.41) is 14.5. The maximum Gasteiger partial charge on any atom is 0.431 e. The number of hydrogen-bond donors (Lipinski definition) is 5. The van der Waals surface area contributed by atoms with Gasteiger partial charge in [-0.1, -0.05) is 19.1 Å². The van der Waals surface area contributed by atoms with E-state index in [9.17, 15) is 36.9 Å². The average molecular weight is 903 g/mol. The molecule has 2 aromatic heterocycles. The van der Waals surface area contributed by atoms with Crippen molar-refractivity contribution in [1.82, 2.24) is 24.1 Å². The minimum Gasteiger partial charge on any atom is -0.489 e. The van der Waals surface area contributed by atoms with Crippen LogP contribution in [-0.4, -0.2) is 90.7 Å². The summed E-state index contributed by atoms with van der Waals surface area (Å²) in [6, 6.07) is 10.9. The molecular formula is C38H51ClF3N8O10P. The van der Waals surface area contributed by atoms with Crippen LogP contribution in [0.3, 0.4) is 0 Å². The van der Waals surface area contributed by atoms with E-state index in [4.69, 9.17) is 41.5 Å². The summed E-state index contributed by atoms with van der Waals surface area (Å²) >= 11 is 5.73. The van der Waals surface area contributed by atoms with Crippen molar-refractivity contribution in [3.8, 4) is 17.2 Å². The lowest BCUT2D eigenvalue weighted by molar-refractivity contribution is -0.148. The van der Waals surface area contributed by atoms with Crippen molar-refractivity contribution in [2.75, 3.05) is 37.1 Å². The van der Waals surface area contributed by atoms with Crippen molar-refractivity contribution in [1.29, 1.82) is 0 Å². The van der Waals surface area contributed by atoms with Crippen LogP contribution in [0.15, 0.2) is 58.1 Å². The van der Waals surface area contributed by atoms with Crippen LogP contribution >= 0.6 is 19.0 Å². The van der Waals surface area contributed by atoms with E-state index >= 15 is 0 Å². The van der Waals surface area contributed by atoms with Crippen LogP contribution in [0.4, 0.5) is 25.1 Å². The Hall–Kier alpha value is -5.50. The van der Waals surface area contributed by atoms with E-state index in [1.54, 1.807) is 6.92 Å². The van der Waals surface area contributed by atoms with Gasteiger partial charge in [-0.3, -0.25) is 18.7 Å². The molecule has 336 valence electrons. The number of aryl methyl sites for hydroxylation is 1. The quantitative estimate of drug-likeness (QED) is 0.0724. The third-order valence-corrected chi connectivity index (χ3v) is 9.27. The van der Waals surface area contributed by atoms with Gasteiger partial charge in [0.15, 0.2) is 13.5 Å². The SMILES string of the molecule is CCNc1nc(Cl)nc(NC(C)C)n1.CCc1ccc(COc2ccc(-n3c(=O)cc(C(F)(F)F)n(C)c3=O)cc2)c(OC(C)C(=O)OC)c1.CP(=O)(O)CCC(N)C(=O)O. The van der Waals surface area contributed by atoms with Crippen molar-refractivity contribution >= 4 is 42.8 Å². The van der Waals surface area contributed by atoms with E-state index in [0.717, 1.165) is 25.6 Å². The maximum absolute atomic E-state index is 13.1. The number of alkyl halides is 3. The fourth-order valence-corrected chi connectivity index (χ4v) is 5.77. The number of methoxy groups -OCH3 is 1. The smallest absolute Gasteiger partial charge is 0.431 e. The van der Waals surface area contributed by atoms with Gasteiger partial charge in [0.2, 0.25) is 17.2 Å². The Kier molecular flexibility index (Phi) is 19.9. The molecule has 3 unspecified atom stereocenters. The van der Waals surface area contributed by atoms with E-state index in [2.05, 4.69) is 25.6 Å². The second-order valence-corrected chi connectivity index (χ2v) is 16.4. The number of carbonyl (C=O) groups excluding carboxylic acids is 1. The van der Waals surface area contributed by atoms with Crippen molar-refractivity contribution < 1.29 is 51.5 Å². The molecular weight excluding hydrogens is 852 g/mol. The van der Waals surface area contributed by atoms with E-state index in [1.807, 2.05) is 45.9 Å². The molecule has 0 radical (unpaired) electrons. The molecule has 0 spiro atoms. The molecule has 0 saturated carbocycles. The second-order valence-electron chi connectivity index (χ2n) is 13.5. The van der Waals surface area contributed by atoms with E-state index in [-0.39, 0.29) is 36.2 Å². The van der Waals surface area contributed by atoms with E-state index < -0.39 is 54.6 Å². The highest BCUT2D eigenvalue weighted by atomic mass is 35.5. The average Bonchev–Trinajstić information content (AvgIpc) is 3.17. The summed E-state index contributed by atoms with van der Waals surface area (Å²) in [4.78, 5) is 67.4. The summed E-state index contributed by atoms with van der Waals surface area (Å²) in [6.45, 7) is 11.5.